The molecule has 98 valence electrons. The van der Waals surface area contributed by atoms with Gasteiger partial charge in [0.05, 0.1) is 13.2 Å². The number of hydrogen-bond donors (Lipinski definition) is 4. The zero-order valence-corrected chi connectivity index (χ0v) is 9.02. The maximum absolute atomic E-state index is 10.5. The quantitative estimate of drug-likeness (QED) is 0.347. The molecule has 0 heterocycles. The summed E-state index contributed by atoms with van der Waals surface area (Å²) in [5.74, 6) is 0. The van der Waals surface area contributed by atoms with E-state index < -0.39 is 13.9 Å². The largest absolute Gasteiger partial charge is 0.412 e. The van der Waals surface area contributed by atoms with Gasteiger partial charge >= 0.3 is 7.60 Å². The second-order valence-electron chi connectivity index (χ2n) is 2.37. The summed E-state index contributed by atoms with van der Waals surface area (Å²) in [6.45, 7) is -0.0443. The lowest BCUT2D eigenvalue weighted by molar-refractivity contribution is 0.170. The molecule has 0 aliphatic heterocycles. The van der Waals surface area contributed by atoms with Gasteiger partial charge in [0.2, 0.25) is 0 Å². The molecule has 0 fully saturated rings. The Hall–Kier alpha value is -0.0900. The Morgan fingerprint density at radius 1 is 0.933 bits per heavy atom. The second-order valence-corrected chi connectivity index (χ2v) is 3.98. The van der Waals surface area contributed by atoms with Gasteiger partial charge in [-0.25, -0.2) is 0 Å². The van der Waals surface area contributed by atoms with Crippen LogP contribution in [0, 0.1) is 0 Å². The van der Waals surface area contributed by atoms with Crippen molar-refractivity contribution in [3.63, 3.8) is 0 Å². The lowest BCUT2D eigenvalue weighted by Gasteiger charge is -2.19. The van der Waals surface area contributed by atoms with Gasteiger partial charge in [-0.05, 0) is 0 Å². The number of rotatable bonds is 6. The first-order valence-corrected chi connectivity index (χ1v) is 5.28. The molecule has 0 rings (SSSR count). The van der Waals surface area contributed by atoms with Crippen molar-refractivity contribution in [1.82, 2.24) is 4.90 Å². The molecule has 0 aromatic heterocycles. The van der Waals surface area contributed by atoms with Crippen molar-refractivity contribution < 1.29 is 41.0 Å². The number of aliphatic hydroxyl groups is 2. The molecule has 0 aliphatic rings. The molecule has 10 heteroatoms. The van der Waals surface area contributed by atoms with E-state index in [1.807, 2.05) is 0 Å². The summed E-state index contributed by atoms with van der Waals surface area (Å²) >= 11 is 0. The third kappa shape index (κ3) is 16.6. The van der Waals surface area contributed by atoms with Crippen molar-refractivity contribution in [1.29, 1.82) is 0 Å². The smallest absolute Gasteiger partial charge is 0.339 e. The van der Waals surface area contributed by atoms with Gasteiger partial charge in [0.1, 0.15) is 6.29 Å². The molecule has 0 atom stereocenters. The Labute approximate surface area is 87.0 Å². The molecular formula is C5H20NO8P. The van der Waals surface area contributed by atoms with E-state index in [1.54, 1.807) is 0 Å². The van der Waals surface area contributed by atoms with Crippen LogP contribution in [-0.2, 0) is 4.57 Å². The first kappa shape index (κ1) is 24.2. The molecule has 15 heavy (non-hydrogen) atoms. The highest BCUT2D eigenvalue weighted by molar-refractivity contribution is 7.51. The summed E-state index contributed by atoms with van der Waals surface area (Å²) in [7, 11) is -4.08. The van der Waals surface area contributed by atoms with E-state index in [0.717, 1.165) is 0 Å². The summed E-state index contributed by atoms with van der Waals surface area (Å²) in [5, 5.41) is 17.0. The number of aliphatic hydroxyl groups excluding tert-OH is 2. The van der Waals surface area contributed by atoms with Gasteiger partial charge < -0.3 is 36.4 Å². The van der Waals surface area contributed by atoms with E-state index in [2.05, 4.69) is 0 Å². The highest BCUT2D eigenvalue weighted by Crippen LogP contribution is 2.34. The molecule has 0 bridgehead atoms. The van der Waals surface area contributed by atoms with Crippen LogP contribution in [0.1, 0.15) is 0 Å². The fourth-order valence-corrected chi connectivity index (χ4v) is 1.60. The van der Waals surface area contributed by atoms with Gasteiger partial charge in [-0.1, -0.05) is 0 Å². The van der Waals surface area contributed by atoms with Crippen LogP contribution in [0.3, 0.4) is 0 Å². The van der Waals surface area contributed by atoms with Gasteiger partial charge in [-0.2, -0.15) is 0 Å². The average Bonchev–Trinajstić information content (AvgIpc) is 1.84. The third-order valence-electron chi connectivity index (χ3n) is 1.22. The molecular weight excluding hydrogens is 233 g/mol. The maximum Gasteiger partial charge on any atom is 0.339 e. The molecule has 0 aromatic carbocycles. The first-order chi connectivity index (χ1) is 5.49. The summed E-state index contributed by atoms with van der Waals surface area (Å²) < 4.78 is 10.5. The molecule has 0 amide bonds. The minimum Gasteiger partial charge on any atom is -0.412 e. The standard InChI is InChI=1S/C5H14NO5P.3H2O/c7-3-1-6(2-4-8)5-12(9,10)11;;;/h7-8H,1-5H2,(H2,9,10,11);3*1H2. The SMILES string of the molecule is O.O.O.O=P(O)(O)CN(CCO)CCO. The summed E-state index contributed by atoms with van der Waals surface area (Å²) in [5.41, 5.74) is 0. The normalized spacial score (nSPS) is 9.93. The maximum atomic E-state index is 10.5. The van der Waals surface area contributed by atoms with Crippen LogP contribution < -0.4 is 0 Å². The van der Waals surface area contributed by atoms with Gasteiger partial charge in [0, 0.05) is 13.1 Å². The van der Waals surface area contributed by atoms with E-state index in [0.29, 0.717) is 0 Å². The number of nitrogens with zero attached hydrogens (tertiary/aromatic N) is 1. The zero-order chi connectivity index (χ0) is 9.61. The molecule has 0 saturated carbocycles. The highest BCUT2D eigenvalue weighted by Gasteiger charge is 2.17. The van der Waals surface area contributed by atoms with E-state index in [-0.39, 0.29) is 42.7 Å². The molecule has 0 saturated heterocycles. The average molecular weight is 253 g/mol. The topological polar surface area (TPSA) is 196 Å². The van der Waals surface area contributed by atoms with E-state index in [1.165, 1.54) is 4.90 Å². The summed E-state index contributed by atoms with van der Waals surface area (Å²) in [6.07, 6.45) is -0.422. The molecule has 10 N–H and O–H groups in total. The van der Waals surface area contributed by atoms with Crippen LogP contribution in [0.15, 0.2) is 0 Å². The van der Waals surface area contributed by atoms with Crippen LogP contribution in [-0.4, -0.2) is 73.9 Å². The molecule has 9 nitrogen and oxygen atoms in total. The van der Waals surface area contributed by atoms with Crippen LogP contribution in [0.5, 0.6) is 0 Å². The van der Waals surface area contributed by atoms with Crippen LogP contribution in [0.2, 0.25) is 0 Å². The lowest BCUT2D eigenvalue weighted by Crippen LogP contribution is -2.30. The van der Waals surface area contributed by atoms with E-state index in [4.69, 9.17) is 20.0 Å². The minimum atomic E-state index is -4.08. The molecule has 0 unspecified atom stereocenters. The zero-order valence-electron chi connectivity index (χ0n) is 8.13. The van der Waals surface area contributed by atoms with Gasteiger partial charge in [0.25, 0.3) is 0 Å². The Morgan fingerprint density at radius 2 is 1.27 bits per heavy atom. The van der Waals surface area contributed by atoms with Crippen molar-refractivity contribution in [2.75, 3.05) is 32.6 Å². The van der Waals surface area contributed by atoms with Crippen LogP contribution in [0.4, 0.5) is 0 Å². The van der Waals surface area contributed by atoms with Crippen LogP contribution in [0.25, 0.3) is 0 Å². The Morgan fingerprint density at radius 3 is 1.47 bits per heavy atom. The summed E-state index contributed by atoms with van der Waals surface area (Å²) in [4.78, 5) is 18.4. The van der Waals surface area contributed by atoms with Gasteiger partial charge in [-0.3, -0.25) is 9.46 Å². The molecule has 0 aromatic rings. The lowest BCUT2D eigenvalue weighted by atomic mass is 10.5. The second kappa shape index (κ2) is 12.0. The third-order valence-corrected chi connectivity index (χ3v) is 1.99. The predicted octanol–water partition coefficient (Wildman–Crippen LogP) is -4.07. The van der Waals surface area contributed by atoms with Crippen molar-refractivity contribution in [3.05, 3.63) is 0 Å². The summed E-state index contributed by atoms with van der Waals surface area (Å²) in [6, 6.07) is 0. The van der Waals surface area contributed by atoms with Crippen molar-refractivity contribution in [2.45, 2.75) is 0 Å². The van der Waals surface area contributed by atoms with Crippen molar-refractivity contribution in [3.8, 4) is 0 Å². The Kier molecular flexibility index (Phi) is 19.4. The van der Waals surface area contributed by atoms with E-state index >= 15 is 0 Å². The Balaban J connectivity index is -0.000000202. The molecule has 0 spiro atoms. The van der Waals surface area contributed by atoms with E-state index in [9.17, 15) is 4.57 Å². The Bertz CT molecular complexity index is 155. The minimum absolute atomic E-state index is 0. The van der Waals surface area contributed by atoms with Crippen molar-refractivity contribution in [2.24, 2.45) is 0 Å². The molecule has 0 aliphatic carbocycles. The van der Waals surface area contributed by atoms with Crippen LogP contribution >= 0.6 is 7.60 Å². The predicted molar refractivity (Wildman–Crippen MR) is 53.5 cm³/mol. The van der Waals surface area contributed by atoms with Gasteiger partial charge in [0.15, 0.2) is 0 Å². The monoisotopic (exact) mass is 253 g/mol. The fraction of sp³-hybridized carbons (Fsp3) is 1.00. The fourth-order valence-electron chi connectivity index (χ4n) is 0.797. The molecule has 0 radical (unpaired) electrons. The highest BCUT2D eigenvalue weighted by atomic mass is 31.2. The first-order valence-electron chi connectivity index (χ1n) is 3.48. The number of hydrogen-bond acceptors (Lipinski definition) is 4. The van der Waals surface area contributed by atoms with Gasteiger partial charge in [-0.15, -0.1) is 0 Å². The van der Waals surface area contributed by atoms with Crippen molar-refractivity contribution >= 4 is 7.60 Å².